The predicted molar refractivity (Wildman–Crippen MR) is 66.0 cm³/mol. The SMILES string of the molecule is OCCc1sc(-c2cccc(F)c2)nc1Br. The minimum atomic E-state index is -0.271. The minimum absolute atomic E-state index is 0.0867. The van der Waals surface area contributed by atoms with E-state index >= 15 is 0 Å². The molecule has 5 heteroatoms. The monoisotopic (exact) mass is 301 g/mol. The van der Waals surface area contributed by atoms with E-state index in [9.17, 15) is 4.39 Å². The van der Waals surface area contributed by atoms with E-state index in [0.717, 1.165) is 20.1 Å². The van der Waals surface area contributed by atoms with Gasteiger partial charge in [-0.15, -0.1) is 11.3 Å². The van der Waals surface area contributed by atoms with Gasteiger partial charge in [0.15, 0.2) is 0 Å². The zero-order valence-corrected chi connectivity index (χ0v) is 10.7. The number of aliphatic hydroxyl groups excluding tert-OH is 1. The summed E-state index contributed by atoms with van der Waals surface area (Å²) in [6.07, 6.45) is 0.563. The molecule has 0 aliphatic rings. The van der Waals surface area contributed by atoms with Crippen molar-refractivity contribution in [1.29, 1.82) is 0 Å². The summed E-state index contributed by atoms with van der Waals surface area (Å²) in [4.78, 5) is 5.27. The molecule has 0 aliphatic heterocycles. The van der Waals surface area contributed by atoms with E-state index in [4.69, 9.17) is 5.11 Å². The van der Waals surface area contributed by atoms with Gasteiger partial charge in [0.05, 0.1) is 0 Å². The van der Waals surface area contributed by atoms with Crippen LogP contribution in [-0.4, -0.2) is 16.7 Å². The normalized spacial score (nSPS) is 10.7. The van der Waals surface area contributed by atoms with Crippen molar-refractivity contribution < 1.29 is 9.50 Å². The van der Waals surface area contributed by atoms with Crippen LogP contribution in [0, 0.1) is 5.82 Å². The van der Waals surface area contributed by atoms with Crippen LogP contribution in [0.25, 0.3) is 10.6 Å². The fraction of sp³-hybridized carbons (Fsp3) is 0.182. The first-order valence-corrected chi connectivity index (χ1v) is 6.33. The maximum Gasteiger partial charge on any atom is 0.125 e. The van der Waals surface area contributed by atoms with Gasteiger partial charge < -0.3 is 5.11 Å². The van der Waals surface area contributed by atoms with Crippen molar-refractivity contribution in [2.45, 2.75) is 6.42 Å². The van der Waals surface area contributed by atoms with Crippen LogP contribution in [0.2, 0.25) is 0 Å². The van der Waals surface area contributed by atoms with Gasteiger partial charge in [0, 0.05) is 23.5 Å². The second-order valence-corrected chi connectivity index (χ2v) is 5.05. The van der Waals surface area contributed by atoms with E-state index in [2.05, 4.69) is 20.9 Å². The summed E-state index contributed by atoms with van der Waals surface area (Å²) in [6, 6.07) is 6.33. The molecule has 0 saturated heterocycles. The number of hydrogen-bond donors (Lipinski definition) is 1. The van der Waals surface area contributed by atoms with Crippen molar-refractivity contribution in [2.75, 3.05) is 6.61 Å². The van der Waals surface area contributed by atoms with Crippen LogP contribution in [0.3, 0.4) is 0 Å². The van der Waals surface area contributed by atoms with E-state index in [1.165, 1.54) is 23.5 Å². The largest absolute Gasteiger partial charge is 0.396 e. The van der Waals surface area contributed by atoms with Crippen molar-refractivity contribution in [2.24, 2.45) is 0 Å². The third kappa shape index (κ3) is 2.48. The molecule has 0 radical (unpaired) electrons. The smallest absolute Gasteiger partial charge is 0.125 e. The van der Waals surface area contributed by atoms with Crippen LogP contribution >= 0.6 is 27.3 Å². The van der Waals surface area contributed by atoms with Crippen molar-refractivity contribution in [3.63, 3.8) is 0 Å². The van der Waals surface area contributed by atoms with Gasteiger partial charge >= 0.3 is 0 Å². The van der Waals surface area contributed by atoms with Crippen LogP contribution in [0.15, 0.2) is 28.9 Å². The Labute approximate surface area is 105 Å². The van der Waals surface area contributed by atoms with Gasteiger partial charge in [0.25, 0.3) is 0 Å². The highest BCUT2D eigenvalue weighted by Gasteiger charge is 2.10. The van der Waals surface area contributed by atoms with Crippen LogP contribution in [0.4, 0.5) is 4.39 Å². The fourth-order valence-corrected chi connectivity index (χ4v) is 3.01. The highest BCUT2D eigenvalue weighted by atomic mass is 79.9. The zero-order valence-electron chi connectivity index (χ0n) is 8.28. The summed E-state index contributed by atoms with van der Waals surface area (Å²) < 4.78 is 13.8. The minimum Gasteiger partial charge on any atom is -0.396 e. The van der Waals surface area contributed by atoms with Crippen molar-refractivity contribution >= 4 is 27.3 Å². The Bertz CT molecular complexity index is 500. The summed E-state index contributed by atoms with van der Waals surface area (Å²) in [5.74, 6) is -0.271. The molecule has 0 atom stereocenters. The summed E-state index contributed by atoms with van der Waals surface area (Å²) in [5.41, 5.74) is 0.759. The van der Waals surface area contributed by atoms with Gasteiger partial charge in [0.1, 0.15) is 15.4 Å². The molecule has 0 aliphatic carbocycles. The summed E-state index contributed by atoms with van der Waals surface area (Å²) in [5, 5.41) is 9.63. The molecule has 1 aromatic carbocycles. The first-order valence-electron chi connectivity index (χ1n) is 4.72. The second kappa shape index (κ2) is 5.03. The van der Waals surface area contributed by atoms with Crippen LogP contribution < -0.4 is 0 Å². The Morgan fingerprint density at radius 3 is 2.94 bits per heavy atom. The van der Waals surface area contributed by atoms with E-state index in [1.807, 2.05) is 6.07 Å². The van der Waals surface area contributed by atoms with Gasteiger partial charge in [-0.25, -0.2) is 9.37 Å². The van der Waals surface area contributed by atoms with Crippen molar-refractivity contribution in [1.82, 2.24) is 4.98 Å². The highest BCUT2D eigenvalue weighted by Crippen LogP contribution is 2.31. The van der Waals surface area contributed by atoms with Crippen molar-refractivity contribution in [3.8, 4) is 10.6 Å². The van der Waals surface area contributed by atoms with E-state index in [0.29, 0.717) is 6.42 Å². The molecule has 84 valence electrons. The number of aromatic nitrogens is 1. The Kier molecular flexibility index (Phi) is 3.68. The summed E-state index contributed by atoms with van der Waals surface area (Å²) in [7, 11) is 0. The standard InChI is InChI=1S/C11H9BrFNOS/c12-10-9(4-5-15)16-11(14-10)7-2-1-3-8(13)6-7/h1-3,6,15H,4-5H2. The predicted octanol–water partition coefficient (Wildman–Crippen LogP) is 3.25. The highest BCUT2D eigenvalue weighted by molar-refractivity contribution is 9.10. The molecule has 1 aromatic heterocycles. The van der Waals surface area contributed by atoms with E-state index < -0.39 is 0 Å². The summed E-state index contributed by atoms with van der Waals surface area (Å²) >= 11 is 4.79. The molecule has 1 N–H and O–H groups in total. The Hall–Kier alpha value is -0.780. The Balaban J connectivity index is 2.37. The van der Waals surface area contributed by atoms with Crippen molar-refractivity contribution in [3.05, 3.63) is 39.6 Å². The number of benzene rings is 1. The molecule has 1 heterocycles. The molecule has 0 unspecified atom stereocenters. The van der Waals surface area contributed by atoms with E-state index in [1.54, 1.807) is 6.07 Å². The van der Waals surface area contributed by atoms with Crippen LogP contribution in [-0.2, 0) is 6.42 Å². The second-order valence-electron chi connectivity index (χ2n) is 3.22. The molecule has 2 rings (SSSR count). The number of aliphatic hydroxyl groups is 1. The maximum absolute atomic E-state index is 13.0. The zero-order chi connectivity index (χ0) is 11.5. The maximum atomic E-state index is 13.0. The average molecular weight is 302 g/mol. The third-order valence-corrected chi connectivity index (χ3v) is 4.14. The summed E-state index contributed by atoms with van der Waals surface area (Å²) in [6.45, 7) is 0.0867. The molecule has 0 spiro atoms. The fourth-order valence-electron chi connectivity index (χ4n) is 1.33. The Morgan fingerprint density at radius 1 is 1.44 bits per heavy atom. The molecule has 2 aromatic rings. The third-order valence-electron chi connectivity index (χ3n) is 2.06. The van der Waals surface area contributed by atoms with Gasteiger partial charge in [-0.3, -0.25) is 0 Å². The van der Waals surface area contributed by atoms with Gasteiger partial charge in [0.2, 0.25) is 0 Å². The van der Waals surface area contributed by atoms with Gasteiger partial charge in [-0.1, -0.05) is 12.1 Å². The lowest BCUT2D eigenvalue weighted by atomic mass is 10.2. The van der Waals surface area contributed by atoms with Gasteiger partial charge in [-0.05, 0) is 28.1 Å². The number of rotatable bonds is 3. The molecular weight excluding hydrogens is 293 g/mol. The Morgan fingerprint density at radius 2 is 2.25 bits per heavy atom. The number of thiazole rings is 1. The molecule has 0 amide bonds. The lowest BCUT2D eigenvalue weighted by Gasteiger charge is -1.94. The first kappa shape index (κ1) is 11.7. The molecular formula is C11H9BrFNOS. The lowest BCUT2D eigenvalue weighted by Crippen LogP contribution is -1.86. The van der Waals surface area contributed by atoms with Crippen LogP contribution in [0.1, 0.15) is 4.88 Å². The molecule has 0 saturated carbocycles. The quantitative estimate of drug-likeness (QED) is 0.944. The molecule has 16 heavy (non-hydrogen) atoms. The average Bonchev–Trinajstić information content (AvgIpc) is 2.61. The topological polar surface area (TPSA) is 33.1 Å². The molecule has 0 fully saturated rings. The molecule has 0 bridgehead atoms. The number of hydrogen-bond acceptors (Lipinski definition) is 3. The van der Waals surface area contributed by atoms with E-state index in [-0.39, 0.29) is 12.4 Å². The number of halogens is 2. The first-order chi connectivity index (χ1) is 7.70. The molecule has 2 nitrogen and oxygen atoms in total. The lowest BCUT2D eigenvalue weighted by molar-refractivity contribution is 0.300. The van der Waals surface area contributed by atoms with Crippen LogP contribution in [0.5, 0.6) is 0 Å². The number of nitrogens with zero attached hydrogens (tertiary/aromatic N) is 1. The van der Waals surface area contributed by atoms with Gasteiger partial charge in [-0.2, -0.15) is 0 Å².